The predicted molar refractivity (Wildman–Crippen MR) is 79.6 cm³/mol. The fraction of sp³-hybridized carbons (Fsp3) is 0.250. The van der Waals surface area contributed by atoms with E-state index in [0.717, 1.165) is 5.56 Å². The zero-order valence-corrected chi connectivity index (χ0v) is 13.1. The molecule has 2 aromatic rings. The molecular weight excluding hydrogens is 329 g/mol. The normalized spacial score (nSPS) is 13.7. The van der Waals surface area contributed by atoms with E-state index in [0.29, 0.717) is 0 Å². The first-order chi connectivity index (χ1) is 10.7. The number of hydrogen-bond acceptors (Lipinski definition) is 3. The minimum atomic E-state index is -4.61. The third-order valence-corrected chi connectivity index (χ3v) is 4.59. The van der Waals surface area contributed by atoms with Gasteiger partial charge in [-0.25, -0.2) is 0 Å². The van der Waals surface area contributed by atoms with Crippen molar-refractivity contribution < 1.29 is 25.8 Å². The molecule has 2 rings (SSSR count). The maximum Gasteiger partial charge on any atom is 0.398 e. The Hall–Kier alpha value is -1.86. The summed E-state index contributed by atoms with van der Waals surface area (Å²) in [6.45, 7) is 0.774. The number of halogens is 3. The lowest BCUT2D eigenvalue weighted by Crippen LogP contribution is -2.26. The van der Waals surface area contributed by atoms with Crippen LogP contribution < -0.4 is 0 Å². The molecule has 0 aliphatic heterocycles. The highest BCUT2D eigenvalue weighted by Gasteiger charge is 2.41. The first kappa shape index (κ1) is 17.5. The van der Waals surface area contributed by atoms with Gasteiger partial charge in [-0.2, -0.15) is 21.6 Å². The van der Waals surface area contributed by atoms with Crippen LogP contribution in [0.1, 0.15) is 17.0 Å². The lowest BCUT2D eigenvalue weighted by atomic mass is 10.00. The van der Waals surface area contributed by atoms with E-state index >= 15 is 0 Å². The molecule has 0 aromatic heterocycles. The fourth-order valence-electron chi connectivity index (χ4n) is 2.00. The summed E-state index contributed by atoms with van der Waals surface area (Å²) in [6.07, 6.45) is -4.61. The minimum absolute atomic E-state index is 0.0425. The highest BCUT2D eigenvalue weighted by Crippen LogP contribution is 2.35. The van der Waals surface area contributed by atoms with Crippen LogP contribution in [0.5, 0.6) is 0 Å². The van der Waals surface area contributed by atoms with Gasteiger partial charge < -0.3 is 0 Å². The molecule has 23 heavy (non-hydrogen) atoms. The monoisotopic (exact) mass is 344 g/mol. The smallest absolute Gasteiger partial charge is 0.265 e. The van der Waals surface area contributed by atoms with Crippen LogP contribution in [-0.4, -0.2) is 21.2 Å². The molecule has 3 nitrogen and oxygen atoms in total. The van der Waals surface area contributed by atoms with Crippen molar-refractivity contribution in [2.45, 2.75) is 23.9 Å². The Morgan fingerprint density at radius 1 is 1.00 bits per heavy atom. The van der Waals surface area contributed by atoms with E-state index in [4.69, 9.17) is 0 Å². The third-order valence-electron chi connectivity index (χ3n) is 3.30. The molecule has 7 heteroatoms. The van der Waals surface area contributed by atoms with Crippen molar-refractivity contribution in [3.05, 3.63) is 65.7 Å². The largest absolute Gasteiger partial charge is 0.398 e. The van der Waals surface area contributed by atoms with Crippen LogP contribution in [0.4, 0.5) is 13.2 Å². The molecule has 0 bridgehead atoms. The molecule has 124 valence electrons. The van der Waals surface area contributed by atoms with Crippen molar-refractivity contribution in [2.24, 2.45) is 0 Å². The Kier molecular flexibility index (Phi) is 5.11. The average Bonchev–Trinajstić information content (AvgIpc) is 2.47. The lowest BCUT2D eigenvalue weighted by molar-refractivity contribution is -0.156. The van der Waals surface area contributed by atoms with Crippen LogP contribution in [0, 0.1) is 6.92 Å². The van der Waals surface area contributed by atoms with Gasteiger partial charge in [-0.05, 0) is 24.6 Å². The van der Waals surface area contributed by atoms with E-state index < -0.39 is 28.8 Å². The summed E-state index contributed by atoms with van der Waals surface area (Å²) in [6, 6.07) is 12.8. The molecule has 0 heterocycles. The van der Waals surface area contributed by atoms with Crippen molar-refractivity contribution >= 4 is 10.1 Å². The van der Waals surface area contributed by atoms with Crippen LogP contribution in [0.2, 0.25) is 0 Å². The summed E-state index contributed by atoms with van der Waals surface area (Å²) >= 11 is 0. The number of rotatable bonds is 5. The van der Waals surface area contributed by atoms with Crippen LogP contribution >= 0.6 is 0 Å². The molecule has 0 amide bonds. The molecule has 0 aliphatic carbocycles. The third kappa shape index (κ3) is 4.56. The summed E-state index contributed by atoms with van der Waals surface area (Å²) in [4.78, 5) is -0.169. The van der Waals surface area contributed by atoms with Gasteiger partial charge in [0.1, 0.15) is 5.92 Å². The van der Waals surface area contributed by atoms with Crippen LogP contribution in [0.3, 0.4) is 0 Å². The first-order valence-corrected chi connectivity index (χ1v) is 8.19. The topological polar surface area (TPSA) is 43.4 Å². The Morgan fingerprint density at radius 2 is 1.57 bits per heavy atom. The van der Waals surface area contributed by atoms with Crippen molar-refractivity contribution in [3.63, 3.8) is 0 Å². The molecule has 0 saturated carbocycles. The molecule has 0 N–H and O–H groups in total. The van der Waals surface area contributed by atoms with E-state index in [-0.39, 0.29) is 10.5 Å². The van der Waals surface area contributed by atoms with Crippen molar-refractivity contribution in [1.82, 2.24) is 0 Å². The van der Waals surface area contributed by atoms with Crippen molar-refractivity contribution in [3.8, 4) is 0 Å². The Labute approximate surface area is 132 Å². The molecule has 1 atom stereocenters. The quantitative estimate of drug-likeness (QED) is 0.769. The van der Waals surface area contributed by atoms with E-state index in [2.05, 4.69) is 4.18 Å². The van der Waals surface area contributed by atoms with Crippen LogP contribution in [-0.2, 0) is 14.3 Å². The predicted octanol–water partition coefficient (Wildman–Crippen LogP) is 4.05. The molecule has 0 spiro atoms. The first-order valence-electron chi connectivity index (χ1n) is 6.78. The van der Waals surface area contributed by atoms with E-state index in [9.17, 15) is 21.6 Å². The molecular formula is C16H15F3O3S. The van der Waals surface area contributed by atoms with Crippen molar-refractivity contribution in [1.29, 1.82) is 0 Å². The highest BCUT2D eigenvalue weighted by atomic mass is 32.2. The number of hydrogen-bond donors (Lipinski definition) is 0. The van der Waals surface area contributed by atoms with E-state index in [1.807, 2.05) is 0 Å². The summed E-state index contributed by atoms with van der Waals surface area (Å²) < 4.78 is 68.2. The van der Waals surface area contributed by atoms with Gasteiger partial charge in [-0.1, -0.05) is 48.0 Å². The fourth-order valence-corrected chi connectivity index (χ4v) is 2.92. The van der Waals surface area contributed by atoms with Gasteiger partial charge >= 0.3 is 6.18 Å². The Balaban J connectivity index is 2.20. The zero-order chi connectivity index (χ0) is 17.1. The van der Waals surface area contributed by atoms with Gasteiger partial charge in [0.15, 0.2) is 0 Å². The van der Waals surface area contributed by atoms with E-state index in [1.165, 1.54) is 36.4 Å². The SMILES string of the molecule is Cc1ccc(S(=O)(=O)OC[C@H](c2ccccc2)C(F)(F)F)cc1. The molecule has 0 saturated heterocycles. The second kappa shape index (κ2) is 6.72. The molecule has 0 fully saturated rings. The second-order valence-electron chi connectivity index (χ2n) is 5.06. The van der Waals surface area contributed by atoms with E-state index in [1.54, 1.807) is 25.1 Å². The standard InChI is InChI=1S/C16H15F3O3S/c1-12-7-9-14(10-8-12)23(20,21)22-11-15(16(17,18)19)13-5-3-2-4-6-13/h2-10,15H,11H2,1H3/t15-/m1/s1. The second-order valence-corrected chi connectivity index (χ2v) is 6.67. The van der Waals surface area contributed by atoms with Gasteiger partial charge in [0.25, 0.3) is 10.1 Å². The molecule has 0 radical (unpaired) electrons. The Bertz CT molecular complexity index is 738. The molecule has 2 aromatic carbocycles. The average molecular weight is 344 g/mol. The molecule has 0 aliphatic rings. The van der Waals surface area contributed by atoms with Gasteiger partial charge in [0, 0.05) is 0 Å². The summed E-state index contributed by atoms with van der Waals surface area (Å²) in [5.74, 6) is -2.01. The molecule has 0 unspecified atom stereocenters. The highest BCUT2D eigenvalue weighted by molar-refractivity contribution is 7.86. The van der Waals surface area contributed by atoms with Crippen LogP contribution in [0.15, 0.2) is 59.5 Å². The Morgan fingerprint density at radius 3 is 2.09 bits per heavy atom. The summed E-state index contributed by atoms with van der Waals surface area (Å²) in [5, 5.41) is 0. The van der Waals surface area contributed by atoms with Gasteiger partial charge in [-0.3, -0.25) is 4.18 Å². The number of alkyl halides is 3. The summed E-state index contributed by atoms with van der Waals surface area (Å²) in [7, 11) is -4.24. The number of aryl methyl sites for hydroxylation is 1. The van der Waals surface area contributed by atoms with Gasteiger partial charge in [0.2, 0.25) is 0 Å². The maximum absolute atomic E-state index is 13.2. The van der Waals surface area contributed by atoms with Crippen molar-refractivity contribution in [2.75, 3.05) is 6.61 Å². The van der Waals surface area contributed by atoms with Gasteiger partial charge in [0.05, 0.1) is 11.5 Å². The summed E-state index contributed by atoms with van der Waals surface area (Å²) in [5.41, 5.74) is 0.792. The zero-order valence-electron chi connectivity index (χ0n) is 12.2. The van der Waals surface area contributed by atoms with Gasteiger partial charge in [-0.15, -0.1) is 0 Å². The van der Waals surface area contributed by atoms with Crippen LogP contribution in [0.25, 0.3) is 0 Å². The minimum Gasteiger partial charge on any atom is -0.265 e. The lowest BCUT2D eigenvalue weighted by Gasteiger charge is -2.20. The number of benzene rings is 2. The maximum atomic E-state index is 13.2.